The van der Waals surface area contributed by atoms with Gasteiger partial charge < -0.3 is 36.7 Å². The highest BCUT2D eigenvalue weighted by molar-refractivity contribution is 5.99. The molecule has 6 rings (SSSR count). The number of nitrogens with two attached hydrogens (primary N) is 2. The number of nitrogen functional groups attached to an aromatic ring is 1. The van der Waals surface area contributed by atoms with Crippen molar-refractivity contribution in [3.8, 4) is 5.75 Å². The highest BCUT2D eigenvalue weighted by atomic mass is 19.4. The van der Waals surface area contributed by atoms with Crippen LogP contribution in [0.1, 0.15) is 54.1 Å². The number of allylic oxidation sites excluding steroid dienone is 1. The molecule has 2 amide bonds. The number of alkyl halides is 4. The summed E-state index contributed by atoms with van der Waals surface area (Å²) in [6.45, 7) is -2.08. The number of halogens is 5. The van der Waals surface area contributed by atoms with Crippen LogP contribution < -0.4 is 26.8 Å². The quantitative estimate of drug-likeness (QED) is 0.138. The molecule has 15 heteroatoms. The molecule has 2 fully saturated rings. The van der Waals surface area contributed by atoms with Crippen LogP contribution in [0.15, 0.2) is 64.5 Å². The van der Waals surface area contributed by atoms with E-state index in [9.17, 15) is 36.6 Å². The number of rotatable bonds is 11. The molecule has 7 N–H and O–H groups in total. The van der Waals surface area contributed by atoms with Crippen LogP contribution in [0.5, 0.6) is 5.75 Å². The van der Waals surface area contributed by atoms with Gasteiger partial charge in [0.1, 0.15) is 41.6 Å². The molecule has 0 radical (unpaired) electrons. The Morgan fingerprint density at radius 3 is 2.46 bits per heavy atom. The zero-order chi connectivity index (χ0) is 34.6. The van der Waals surface area contributed by atoms with Gasteiger partial charge in [0.05, 0.1) is 30.1 Å². The highest BCUT2D eigenvalue weighted by Gasteiger charge is 2.61. The van der Waals surface area contributed by atoms with Gasteiger partial charge in [0.25, 0.3) is 5.91 Å². The molecule has 0 spiro atoms. The van der Waals surface area contributed by atoms with Crippen molar-refractivity contribution < 1.29 is 46.1 Å². The van der Waals surface area contributed by atoms with Crippen LogP contribution in [0, 0.1) is 11.2 Å². The number of dihydropyridines is 1. The topological polar surface area (TPSA) is 161 Å². The summed E-state index contributed by atoms with van der Waals surface area (Å²) >= 11 is 0. The largest absolute Gasteiger partial charge is 0.493 e. The summed E-state index contributed by atoms with van der Waals surface area (Å²) in [5.74, 6) is -2.79. The Morgan fingerprint density at radius 2 is 1.88 bits per heavy atom. The van der Waals surface area contributed by atoms with Crippen LogP contribution in [-0.4, -0.2) is 66.9 Å². The number of nitrogens with one attached hydrogen (secondary N) is 2. The van der Waals surface area contributed by atoms with E-state index in [0.717, 1.165) is 43.9 Å². The van der Waals surface area contributed by atoms with Crippen molar-refractivity contribution in [2.24, 2.45) is 16.1 Å². The molecule has 0 aromatic heterocycles. The number of primary amides is 1. The first-order chi connectivity index (χ1) is 22.6. The Balaban J connectivity index is 1.37. The summed E-state index contributed by atoms with van der Waals surface area (Å²) in [5, 5.41) is 16.3. The van der Waals surface area contributed by atoms with E-state index in [0.29, 0.717) is 5.56 Å². The smallest absolute Gasteiger partial charge is 0.424 e. The van der Waals surface area contributed by atoms with E-state index in [1.54, 1.807) is 0 Å². The molecule has 48 heavy (non-hydrogen) atoms. The normalized spacial score (nSPS) is 25.1. The third kappa shape index (κ3) is 5.84. The zero-order valence-corrected chi connectivity index (χ0v) is 25.8. The minimum Gasteiger partial charge on any atom is -0.493 e. The van der Waals surface area contributed by atoms with E-state index in [-0.39, 0.29) is 46.0 Å². The molecule has 1 unspecified atom stereocenters. The van der Waals surface area contributed by atoms with Crippen molar-refractivity contribution in [1.29, 1.82) is 0 Å². The highest BCUT2D eigenvalue weighted by Crippen LogP contribution is 2.51. The Labute approximate surface area is 272 Å². The fraction of sp³-hybridized carbons (Fsp3) is 0.424. The summed E-state index contributed by atoms with van der Waals surface area (Å²) < 4.78 is 84.8. The van der Waals surface area contributed by atoms with Crippen molar-refractivity contribution in [2.75, 3.05) is 25.6 Å². The van der Waals surface area contributed by atoms with Crippen molar-refractivity contribution >= 4 is 23.7 Å². The minimum atomic E-state index is -5.44. The summed E-state index contributed by atoms with van der Waals surface area (Å²) in [5.41, 5.74) is 3.42. The molecule has 2 aromatic carbocycles. The fourth-order valence-electron chi connectivity index (χ4n) is 5.70. The van der Waals surface area contributed by atoms with E-state index in [4.69, 9.17) is 20.9 Å². The number of hydrogen-bond donors (Lipinski definition) is 5. The van der Waals surface area contributed by atoms with Crippen molar-refractivity contribution in [3.05, 3.63) is 82.0 Å². The Hall–Kier alpha value is -4.66. The molecule has 2 aliphatic carbocycles. The molecule has 256 valence electrons. The van der Waals surface area contributed by atoms with Gasteiger partial charge in [0.2, 0.25) is 11.5 Å². The van der Waals surface area contributed by atoms with Crippen LogP contribution in [0.2, 0.25) is 0 Å². The van der Waals surface area contributed by atoms with Crippen LogP contribution in [0.4, 0.5) is 27.6 Å². The van der Waals surface area contributed by atoms with E-state index in [1.165, 1.54) is 37.4 Å². The average Bonchev–Trinajstić information content (AvgIpc) is 3.98. The lowest BCUT2D eigenvalue weighted by molar-refractivity contribution is -0.243. The lowest BCUT2D eigenvalue weighted by Crippen LogP contribution is -2.61. The molecule has 0 bridgehead atoms. The maximum atomic E-state index is 14.9. The number of aliphatic imine (C=N–C) groups is 1. The molecule has 2 aliphatic heterocycles. The predicted molar refractivity (Wildman–Crippen MR) is 164 cm³/mol. The maximum absolute atomic E-state index is 14.9. The first-order valence-electron chi connectivity index (χ1n) is 15.3. The summed E-state index contributed by atoms with van der Waals surface area (Å²) in [6.07, 6.45) is 0.0849. The summed E-state index contributed by atoms with van der Waals surface area (Å²) in [6, 6.07) is 7.43. The molecule has 3 atom stereocenters. The summed E-state index contributed by atoms with van der Waals surface area (Å²) in [7, 11) is 0. The SMILES string of the molecule is CC1(c2ccc(F)cc2)NC([C@@](O)(CNC(=O)c2cc(C=NC3CC3)c(N)c(OC3CC3)c2)C(F)(F)F)=CC2=C1OC[C@]2(CF)C(N)=O. The maximum Gasteiger partial charge on any atom is 0.424 e. The second kappa shape index (κ2) is 11.8. The molecular formula is C33H34F5N5O5. The summed E-state index contributed by atoms with van der Waals surface area (Å²) in [4.78, 5) is 30.4. The number of anilines is 1. The molecule has 2 saturated carbocycles. The van der Waals surface area contributed by atoms with Gasteiger partial charge in [-0.2, -0.15) is 13.2 Å². The van der Waals surface area contributed by atoms with Gasteiger partial charge >= 0.3 is 6.18 Å². The number of carbonyl (C=O) groups is 2. The number of amides is 2. The molecule has 4 aliphatic rings. The van der Waals surface area contributed by atoms with Crippen LogP contribution in [-0.2, 0) is 15.1 Å². The first kappa shape index (κ1) is 33.2. The molecule has 2 heterocycles. The Bertz CT molecular complexity index is 1740. The standard InChI is InChI=1S/C33H34F5N5O5/c1-30(19-2-4-20(35)5-3-19)27-23(31(14-34,16-47-27)29(40)45)12-25(43-30)32(46,33(36,37)38)15-42-28(44)17-10-18(13-41-21-6-7-21)26(39)24(11-17)48-22-8-9-22/h2-5,10-13,21-22,43,46H,6-9,14-16,39H2,1H3,(H2,40,45)(H,42,44)/t30?,31-,32-/m0/s1. The van der Waals surface area contributed by atoms with Crippen molar-refractivity contribution in [1.82, 2.24) is 10.6 Å². The van der Waals surface area contributed by atoms with E-state index in [1.807, 2.05) is 0 Å². The van der Waals surface area contributed by atoms with Gasteiger partial charge in [0, 0.05) is 22.9 Å². The van der Waals surface area contributed by atoms with Gasteiger partial charge in [-0.15, -0.1) is 0 Å². The fourth-order valence-corrected chi connectivity index (χ4v) is 5.70. The van der Waals surface area contributed by atoms with Gasteiger partial charge in [-0.25, -0.2) is 8.78 Å². The predicted octanol–water partition coefficient (Wildman–Crippen LogP) is 3.68. The van der Waals surface area contributed by atoms with Gasteiger partial charge in [-0.05, 0) is 68.5 Å². The van der Waals surface area contributed by atoms with Gasteiger partial charge in [0.15, 0.2) is 0 Å². The number of nitrogens with zero attached hydrogens (tertiary/aromatic N) is 1. The van der Waals surface area contributed by atoms with Crippen LogP contribution in [0.3, 0.4) is 0 Å². The number of hydrogen-bond acceptors (Lipinski definition) is 8. The van der Waals surface area contributed by atoms with E-state index < -0.39 is 65.9 Å². The number of aliphatic hydroxyl groups is 1. The van der Waals surface area contributed by atoms with Gasteiger partial charge in [-0.1, -0.05) is 12.1 Å². The second-order valence-electron chi connectivity index (χ2n) is 12.8. The molecule has 10 nitrogen and oxygen atoms in total. The lowest BCUT2D eigenvalue weighted by Gasteiger charge is -2.43. The number of benzene rings is 2. The first-order valence-corrected chi connectivity index (χ1v) is 15.3. The van der Waals surface area contributed by atoms with E-state index in [2.05, 4.69) is 15.6 Å². The Kier molecular flexibility index (Phi) is 8.17. The third-order valence-electron chi connectivity index (χ3n) is 9.12. The Morgan fingerprint density at radius 1 is 1.19 bits per heavy atom. The molecular weight excluding hydrogens is 641 g/mol. The minimum absolute atomic E-state index is 0.0947. The van der Waals surface area contributed by atoms with Crippen molar-refractivity contribution in [2.45, 2.75) is 62.1 Å². The van der Waals surface area contributed by atoms with E-state index >= 15 is 0 Å². The van der Waals surface area contributed by atoms with Gasteiger partial charge in [-0.3, -0.25) is 14.6 Å². The molecule has 0 saturated heterocycles. The average molecular weight is 676 g/mol. The van der Waals surface area contributed by atoms with Crippen LogP contribution >= 0.6 is 0 Å². The van der Waals surface area contributed by atoms with Crippen molar-refractivity contribution in [3.63, 3.8) is 0 Å². The lowest BCUT2D eigenvalue weighted by atomic mass is 9.74. The third-order valence-corrected chi connectivity index (χ3v) is 9.12. The zero-order valence-electron chi connectivity index (χ0n) is 25.8. The number of carbonyl (C=O) groups excluding carboxylic acids is 2. The number of ether oxygens (including phenoxy) is 2. The second-order valence-corrected chi connectivity index (χ2v) is 12.8. The monoisotopic (exact) mass is 675 g/mol. The van der Waals surface area contributed by atoms with Crippen LogP contribution in [0.25, 0.3) is 0 Å². The molecule has 2 aromatic rings.